The Labute approximate surface area is 91.7 Å². The number of carbonyl (C=O) groups is 1. The number of alkyl halides is 1. The first-order valence-corrected chi connectivity index (χ1v) is 4.58. The van der Waals surface area contributed by atoms with Gasteiger partial charge in [-0.25, -0.2) is 4.79 Å². The van der Waals surface area contributed by atoms with Crippen molar-refractivity contribution in [3.8, 4) is 11.8 Å². The van der Waals surface area contributed by atoms with Gasteiger partial charge < -0.3 is 9.84 Å². The number of halogens is 1. The largest absolute Gasteiger partial charge is 0.507 e. The molecule has 15 heavy (non-hydrogen) atoms. The van der Waals surface area contributed by atoms with Gasteiger partial charge in [0.2, 0.25) is 0 Å². The summed E-state index contributed by atoms with van der Waals surface area (Å²) >= 11 is 5.62. The van der Waals surface area contributed by atoms with E-state index in [1.165, 1.54) is 19.2 Å². The zero-order valence-corrected chi connectivity index (χ0v) is 8.71. The maximum atomic E-state index is 11.3. The van der Waals surface area contributed by atoms with Crippen molar-refractivity contribution in [1.82, 2.24) is 0 Å². The van der Waals surface area contributed by atoms with E-state index in [1.54, 1.807) is 0 Å². The smallest absolute Gasteiger partial charge is 0.342 e. The maximum absolute atomic E-state index is 11.3. The molecule has 1 rings (SSSR count). The number of hydrogen-bond acceptors (Lipinski definition) is 4. The van der Waals surface area contributed by atoms with E-state index in [0.717, 1.165) is 0 Å². The van der Waals surface area contributed by atoms with Gasteiger partial charge in [0, 0.05) is 11.4 Å². The number of rotatable bonds is 2. The lowest BCUT2D eigenvalue weighted by Crippen LogP contribution is -2.07. The molecule has 0 saturated carbocycles. The Morgan fingerprint density at radius 3 is 2.80 bits per heavy atom. The molecule has 0 aliphatic rings. The number of phenols is 1. The van der Waals surface area contributed by atoms with Crippen LogP contribution in [0, 0.1) is 11.3 Å². The van der Waals surface area contributed by atoms with Crippen molar-refractivity contribution in [3.05, 3.63) is 28.8 Å². The van der Waals surface area contributed by atoms with Crippen LogP contribution in [0.5, 0.6) is 5.75 Å². The third-order valence-electron chi connectivity index (χ3n) is 1.93. The molecule has 1 aromatic carbocycles. The zero-order valence-electron chi connectivity index (χ0n) is 7.95. The molecule has 0 aliphatic heterocycles. The second kappa shape index (κ2) is 4.67. The third-order valence-corrected chi connectivity index (χ3v) is 2.20. The van der Waals surface area contributed by atoms with Crippen LogP contribution in [-0.4, -0.2) is 18.2 Å². The fraction of sp³-hybridized carbons (Fsp3) is 0.200. The molecule has 4 nitrogen and oxygen atoms in total. The Morgan fingerprint density at radius 1 is 1.67 bits per heavy atom. The fourth-order valence-corrected chi connectivity index (χ4v) is 1.49. The molecule has 78 valence electrons. The van der Waals surface area contributed by atoms with Crippen molar-refractivity contribution in [2.45, 2.75) is 5.88 Å². The zero-order chi connectivity index (χ0) is 11.4. The SMILES string of the molecule is COC(=O)c1c(O)ccc(C#N)c1CCl. The number of ether oxygens (including phenoxy) is 1. The summed E-state index contributed by atoms with van der Waals surface area (Å²) in [4.78, 5) is 11.3. The Bertz CT molecular complexity index is 437. The molecule has 0 unspecified atom stereocenters. The highest BCUT2D eigenvalue weighted by Crippen LogP contribution is 2.26. The van der Waals surface area contributed by atoms with Gasteiger partial charge in [0.15, 0.2) is 0 Å². The summed E-state index contributed by atoms with van der Waals surface area (Å²) in [5, 5.41) is 18.3. The van der Waals surface area contributed by atoms with Crippen LogP contribution in [0.25, 0.3) is 0 Å². The number of nitrogens with zero attached hydrogens (tertiary/aromatic N) is 1. The van der Waals surface area contributed by atoms with Crippen molar-refractivity contribution in [2.24, 2.45) is 0 Å². The van der Waals surface area contributed by atoms with E-state index in [-0.39, 0.29) is 28.3 Å². The Balaban J connectivity index is 3.47. The number of phenolic OH excluding ortho intramolecular Hbond substituents is 1. The standard InChI is InChI=1S/C10H8ClNO3/c1-15-10(14)9-7(4-11)6(5-12)2-3-8(9)13/h2-3,13H,4H2,1H3. The molecule has 0 saturated heterocycles. The number of carbonyl (C=O) groups excluding carboxylic acids is 1. The van der Waals surface area contributed by atoms with Gasteiger partial charge in [-0.3, -0.25) is 0 Å². The Morgan fingerprint density at radius 2 is 2.33 bits per heavy atom. The van der Waals surface area contributed by atoms with Crippen molar-refractivity contribution < 1.29 is 14.6 Å². The van der Waals surface area contributed by atoms with E-state index >= 15 is 0 Å². The van der Waals surface area contributed by atoms with Gasteiger partial charge >= 0.3 is 5.97 Å². The van der Waals surface area contributed by atoms with Gasteiger partial charge in [-0.15, -0.1) is 11.6 Å². The van der Waals surface area contributed by atoms with E-state index in [4.69, 9.17) is 16.9 Å². The molecule has 0 aromatic heterocycles. The summed E-state index contributed by atoms with van der Waals surface area (Å²) in [5.74, 6) is -0.987. The highest BCUT2D eigenvalue weighted by molar-refractivity contribution is 6.18. The minimum absolute atomic E-state index is 0.0400. The summed E-state index contributed by atoms with van der Waals surface area (Å²) in [7, 11) is 1.19. The van der Waals surface area contributed by atoms with Gasteiger partial charge in [-0.1, -0.05) is 0 Å². The van der Waals surface area contributed by atoms with Crippen LogP contribution in [0.2, 0.25) is 0 Å². The minimum atomic E-state index is -0.708. The van der Waals surface area contributed by atoms with Crippen LogP contribution in [0.3, 0.4) is 0 Å². The van der Waals surface area contributed by atoms with Crippen LogP contribution in [0.1, 0.15) is 21.5 Å². The summed E-state index contributed by atoms with van der Waals surface area (Å²) in [5.41, 5.74) is 0.487. The van der Waals surface area contributed by atoms with Crippen LogP contribution in [-0.2, 0) is 10.6 Å². The second-order valence-electron chi connectivity index (χ2n) is 2.72. The third kappa shape index (κ3) is 2.03. The van der Waals surface area contributed by atoms with Gasteiger partial charge in [-0.05, 0) is 12.1 Å². The van der Waals surface area contributed by atoms with Gasteiger partial charge in [0.25, 0.3) is 0 Å². The van der Waals surface area contributed by atoms with E-state index in [1.807, 2.05) is 6.07 Å². The molecule has 0 amide bonds. The number of nitriles is 1. The summed E-state index contributed by atoms with van der Waals surface area (Å²) in [6.07, 6.45) is 0. The van der Waals surface area contributed by atoms with Crippen LogP contribution in [0.4, 0.5) is 0 Å². The monoisotopic (exact) mass is 225 g/mol. The average molecular weight is 226 g/mol. The number of hydrogen-bond donors (Lipinski definition) is 1. The highest BCUT2D eigenvalue weighted by atomic mass is 35.5. The van der Waals surface area contributed by atoms with E-state index in [9.17, 15) is 9.90 Å². The number of esters is 1. The second-order valence-corrected chi connectivity index (χ2v) is 2.99. The summed E-state index contributed by atoms with van der Waals surface area (Å²) < 4.78 is 4.49. The first-order valence-electron chi connectivity index (χ1n) is 4.05. The quantitative estimate of drug-likeness (QED) is 0.615. The molecular formula is C10H8ClNO3. The molecule has 1 N–H and O–H groups in total. The van der Waals surface area contributed by atoms with E-state index in [0.29, 0.717) is 0 Å². The lowest BCUT2D eigenvalue weighted by molar-refractivity contribution is 0.0596. The molecule has 1 aromatic rings. The molecule has 0 atom stereocenters. The Hall–Kier alpha value is -1.73. The normalized spacial score (nSPS) is 9.40. The number of aromatic hydroxyl groups is 1. The van der Waals surface area contributed by atoms with Crippen molar-refractivity contribution >= 4 is 17.6 Å². The molecule has 0 radical (unpaired) electrons. The van der Waals surface area contributed by atoms with Crippen LogP contribution >= 0.6 is 11.6 Å². The van der Waals surface area contributed by atoms with Crippen LogP contribution < -0.4 is 0 Å². The lowest BCUT2D eigenvalue weighted by atomic mass is 10.0. The van der Waals surface area contributed by atoms with Gasteiger partial charge in [0.1, 0.15) is 11.3 Å². The van der Waals surface area contributed by atoms with Gasteiger partial charge in [0.05, 0.1) is 18.7 Å². The van der Waals surface area contributed by atoms with Crippen LogP contribution in [0.15, 0.2) is 12.1 Å². The van der Waals surface area contributed by atoms with Crippen molar-refractivity contribution in [3.63, 3.8) is 0 Å². The van der Waals surface area contributed by atoms with Gasteiger partial charge in [-0.2, -0.15) is 5.26 Å². The van der Waals surface area contributed by atoms with Crippen molar-refractivity contribution in [1.29, 1.82) is 5.26 Å². The molecule has 0 bridgehead atoms. The molecule has 0 spiro atoms. The summed E-state index contributed by atoms with van der Waals surface area (Å²) in [6, 6.07) is 4.56. The minimum Gasteiger partial charge on any atom is -0.507 e. The topological polar surface area (TPSA) is 70.3 Å². The first-order chi connectivity index (χ1) is 7.15. The molecule has 0 aliphatic carbocycles. The average Bonchev–Trinajstić information content (AvgIpc) is 2.27. The number of methoxy groups -OCH3 is 1. The van der Waals surface area contributed by atoms with Crippen molar-refractivity contribution in [2.75, 3.05) is 7.11 Å². The predicted molar refractivity (Wildman–Crippen MR) is 53.7 cm³/mol. The molecule has 0 heterocycles. The maximum Gasteiger partial charge on any atom is 0.342 e. The fourth-order valence-electron chi connectivity index (χ4n) is 1.21. The highest BCUT2D eigenvalue weighted by Gasteiger charge is 2.19. The van der Waals surface area contributed by atoms with E-state index in [2.05, 4.69) is 4.74 Å². The number of benzene rings is 1. The molecule has 0 fully saturated rings. The summed E-state index contributed by atoms with van der Waals surface area (Å²) in [6.45, 7) is 0. The molecule has 5 heteroatoms. The van der Waals surface area contributed by atoms with E-state index < -0.39 is 5.97 Å². The first kappa shape index (κ1) is 11.3. The lowest BCUT2D eigenvalue weighted by Gasteiger charge is -2.08. The predicted octanol–water partition coefficient (Wildman–Crippen LogP) is 1.79. The Kier molecular flexibility index (Phi) is 3.53. The molecular weight excluding hydrogens is 218 g/mol.